The minimum Gasteiger partial charge on any atom is -0.369 e. The van der Waals surface area contributed by atoms with Gasteiger partial charge in [-0.15, -0.1) is 0 Å². The van der Waals surface area contributed by atoms with Crippen molar-refractivity contribution >= 4 is 11.8 Å². The van der Waals surface area contributed by atoms with Crippen molar-refractivity contribution in [3.63, 3.8) is 0 Å². The molecule has 0 atom stereocenters. The van der Waals surface area contributed by atoms with Gasteiger partial charge in [0.05, 0.1) is 5.69 Å². The summed E-state index contributed by atoms with van der Waals surface area (Å²) in [7, 11) is 1.57. The number of nitrogens with two attached hydrogens (primary N) is 1. The molecule has 0 saturated carbocycles. The lowest BCUT2D eigenvalue weighted by Gasteiger charge is -2.29. The fourth-order valence-corrected chi connectivity index (χ4v) is 3.05. The number of hydrogen-bond donors (Lipinski definition) is 1. The van der Waals surface area contributed by atoms with Crippen LogP contribution in [0.5, 0.6) is 0 Å². The van der Waals surface area contributed by atoms with E-state index >= 15 is 0 Å². The van der Waals surface area contributed by atoms with E-state index < -0.39 is 11.6 Å². The lowest BCUT2D eigenvalue weighted by atomic mass is 9.96. The fraction of sp³-hybridized carbons (Fsp3) is 0.353. The lowest BCUT2D eigenvalue weighted by molar-refractivity contribution is -0.123. The van der Waals surface area contributed by atoms with Crippen LogP contribution in [0.3, 0.4) is 0 Å². The first-order chi connectivity index (χ1) is 11.9. The van der Waals surface area contributed by atoms with Gasteiger partial charge < -0.3 is 10.6 Å². The van der Waals surface area contributed by atoms with Crippen LogP contribution in [0, 0.1) is 17.6 Å². The first-order valence-corrected chi connectivity index (χ1v) is 7.95. The molecule has 8 heteroatoms. The molecule has 1 aromatic heterocycles. The van der Waals surface area contributed by atoms with E-state index in [-0.39, 0.29) is 29.0 Å². The van der Waals surface area contributed by atoms with E-state index in [1.807, 2.05) is 0 Å². The van der Waals surface area contributed by atoms with Crippen molar-refractivity contribution in [2.24, 2.45) is 18.7 Å². The Labute approximate surface area is 143 Å². The molecule has 1 saturated heterocycles. The standard InChI is InChI=1S/C17H18F2N4O2/c1-22-15(12-8-11(18)2-3-13(12)19)9-14(21-22)17(25)23-6-4-10(5-7-23)16(20)24/h2-3,8-10H,4-7H2,1H3,(H2,20,24). The topological polar surface area (TPSA) is 81.2 Å². The predicted molar refractivity (Wildman–Crippen MR) is 86.4 cm³/mol. The van der Waals surface area contributed by atoms with Gasteiger partial charge in [0.15, 0.2) is 5.69 Å². The second-order valence-corrected chi connectivity index (χ2v) is 6.13. The van der Waals surface area contributed by atoms with Crippen molar-refractivity contribution < 1.29 is 18.4 Å². The SMILES string of the molecule is Cn1nc(C(=O)N2CCC(C(N)=O)CC2)cc1-c1cc(F)ccc1F. The number of primary amides is 1. The summed E-state index contributed by atoms with van der Waals surface area (Å²) in [5.41, 5.74) is 5.80. The van der Waals surface area contributed by atoms with Gasteiger partial charge in [-0.05, 0) is 37.1 Å². The Morgan fingerprint density at radius 1 is 1.20 bits per heavy atom. The zero-order valence-corrected chi connectivity index (χ0v) is 13.7. The van der Waals surface area contributed by atoms with Gasteiger partial charge in [0.25, 0.3) is 5.91 Å². The molecule has 2 heterocycles. The maximum atomic E-state index is 14.0. The zero-order chi connectivity index (χ0) is 18.1. The highest BCUT2D eigenvalue weighted by Gasteiger charge is 2.28. The van der Waals surface area contributed by atoms with E-state index in [1.54, 1.807) is 11.9 Å². The number of nitrogens with zero attached hydrogens (tertiary/aromatic N) is 3. The van der Waals surface area contributed by atoms with Crippen molar-refractivity contribution in [2.45, 2.75) is 12.8 Å². The molecule has 25 heavy (non-hydrogen) atoms. The van der Waals surface area contributed by atoms with Crippen molar-refractivity contribution in [2.75, 3.05) is 13.1 Å². The van der Waals surface area contributed by atoms with Crippen LogP contribution in [0.1, 0.15) is 23.3 Å². The summed E-state index contributed by atoms with van der Waals surface area (Å²) in [6.45, 7) is 0.819. The van der Waals surface area contributed by atoms with E-state index in [2.05, 4.69) is 5.10 Å². The average molecular weight is 348 g/mol. The molecule has 1 aliphatic heterocycles. The average Bonchev–Trinajstić information content (AvgIpc) is 2.98. The molecule has 6 nitrogen and oxygen atoms in total. The minimum atomic E-state index is -0.592. The van der Waals surface area contributed by atoms with Crippen LogP contribution in [0.25, 0.3) is 11.3 Å². The van der Waals surface area contributed by atoms with Crippen LogP contribution in [0.4, 0.5) is 8.78 Å². The molecular formula is C17H18F2N4O2. The van der Waals surface area contributed by atoms with Crippen LogP contribution in [0.2, 0.25) is 0 Å². The van der Waals surface area contributed by atoms with E-state index in [1.165, 1.54) is 10.7 Å². The van der Waals surface area contributed by atoms with Gasteiger partial charge in [-0.3, -0.25) is 14.3 Å². The molecule has 2 N–H and O–H groups in total. The first-order valence-electron chi connectivity index (χ1n) is 7.95. The summed E-state index contributed by atoms with van der Waals surface area (Å²) in [6, 6.07) is 4.58. The van der Waals surface area contributed by atoms with Gasteiger partial charge >= 0.3 is 0 Å². The monoisotopic (exact) mass is 348 g/mol. The number of amides is 2. The molecular weight excluding hydrogens is 330 g/mol. The third-order valence-corrected chi connectivity index (χ3v) is 4.49. The number of halogens is 2. The largest absolute Gasteiger partial charge is 0.369 e. The van der Waals surface area contributed by atoms with Crippen LogP contribution < -0.4 is 5.73 Å². The zero-order valence-electron chi connectivity index (χ0n) is 13.7. The van der Waals surface area contributed by atoms with Gasteiger partial charge in [0, 0.05) is 31.6 Å². The number of aryl methyl sites for hydroxylation is 1. The van der Waals surface area contributed by atoms with Gasteiger partial charge in [-0.25, -0.2) is 8.78 Å². The van der Waals surface area contributed by atoms with E-state index in [9.17, 15) is 18.4 Å². The van der Waals surface area contributed by atoms with Crippen LogP contribution in [-0.4, -0.2) is 39.6 Å². The van der Waals surface area contributed by atoms with Gasteiger partial charge in [-0.2, -0.15) is 5.10 Å². The third-order valence-electron chi connectivity index (χ3n) is 4.49. The summed E-state index contributed by atoms with van der Waals surface area (Å²) in [4.78, 5) is 25.4. The molecule has 2 amide bonds. The summed E-state index contributed by atoms with van der Waals surface area (Å²) in [5.74, 6) is -2.04. The molecule has 2 aromatic rings. The van der Waals surface area contributed by atoms with Crippen molar-refractivity contribution in [1.82, 2.24) is 14.7 Å². The summed E-state index contributed by atoms with van der Waals surface area (Å²) < 4.78 is 28.7. The third kappa shape index (κ3) is 3.38. The number of aromatic nitrogens is 2. The molecule has 1 aromatic carbocycles. The minimum absolute atomic E-state index is 0.0430. The Balaban J connectivity index is 1.82. The number of carbonyl (C=O) groups excluding carboxylic acids is 2. The number of piperidine rings is 1. The number of likely N-dealkylation sites (tertiary alicyclic amines) is 1. The molecule has 0 unspecified atom stereocenters. The molecule has 0 radical (unpaired) electrons. The molecule has 0 bridgehead atoms. The number of hydrogen-bond acceptors (Lipinski definition) is 3. The van der Waals surface area contributed by atoms with Crippen molar-refractivity contribution in [3.8, 4) is 11.3 Å². The van der Waals surface area contributed by atoms with Gasteiger partial charge in [0.2, 0.25) is 5.91 Å². The maximum Gasteiger partial charge on any atom is 0.274 e. The molecule has 3 rings (SSSR count). The van der Waals surface area contributed by atoms with E-state index in [0.29, 0.717) is 31.6 Å². The molecule has 1 aliphatic rings. The Morgan fingerprint density at radius 2 is 1.88 bits per heavy atom. The quantitative estimate of drug-likeness (QED) is 0.917. The second-order valence-electron chi connectivity index (χ2n) is 6.13. The molecule has 0 spiro atoms. The Hall–Kier alpha value is -2.77. The normalized spacial score (nSPS) is 15.4. The number of rotatable bonds is 3. The highest BCUT2D eigenvalue weighted by atomic mass is 19.1. The highest BCUT2D eigenvalue weighted by Crippen LogP contribution is 2.25. The number of benzene rings is 1. The van der Waals surface area contributed by atoms with Crippen molar-refractivity contribution in [3.05, 3.63) is 41.6 Å². The fourth-order valence-electron chi connectivity index (χ4n) is 3.05. The Morgan fingerprint density at radius 3 is 2.52 bits per heavy atom. The van der Waals surface area contributed by atoms with Crippen molar-refractivity contribution in [1.29, 1.82) is 0 Å². The molecule has 1 fully saturated rings. The van der Waals surface area contributed by atoms with Crippen LogP contribution in [-0.2, 0) is 11.8 Å². The predicted octanol–water partition coefficient (Wildman–Crippen LogP) is 1.70. The summed E-state index contributed by atoms with van der Waals surface area (Å²) in [5, 5.41) is 4.13. The van der Waals surface area contributed by atoms with E-state index in [4.69, 9.17) is 5.73 Å². The Kier molecular flexibility index (Phi) is 4.52. The summed E-state index contributed by atoms with van der Waals surface area (Å²) >= 11 is 0. The van der Waals surface area contributed by atoms with Gasteiger partial charge in [-0.1, -0.05) is 0 Å². The van der Waals surface area contributed by atoms with Gasteiger partial charge in [0.1, 0.15) is 11.6 Å². The number of carbonyl (C=O) groups is 2. The molecule has 132 valence electrons. The second kappa shape index (κ2) is 6.62. The maximum absolute atomic E-state index is 14.0. The summed E-state index contributed by atoms with van der Waals surface area (Å²) in [6.07, 6.45) is 1.03. The van der Waals surface area contributed by atoms with Crippen LogP contribution >= 0.6 is 0 Å². The highest BCUT2D eigenvalue weighted by molar-refractivity contribution is 5.93. The van der Waals surface area contributed by atoms with E-state index in [0.717, 1.165) is 18.2 Å². The lowest BCUT2D eigenvalue weighted by Crippen LogP contribution is -2.41. The molecule has 0 aliphatic carbocycles. The van der Waals surface area contributed by atoms with Crippen LogP contribution in [0.15, 0.2) is 24.3 Å². The smallest absolute Gasteiger partial charge is 0.274 e. The Bertz CT molecular complexity index is 826. The first kappa shape index (κ1) is 17.1.